The molecule has 2 aromatic heterocycles. The fourth-order valence-electron chi connectivity index (χ4n) is 3.31. The first-order valence-corrected chi connectivity index (χ1v) is 10.6. The van der Waals surface area contributed by atoms with E-state index in [1.807, 2.05) is 6.20 Å². The quantitative estimate of drug-likeness (QED) is 0.462. The fraction of sp³-hybridized carbons (Fsp3) is 0.200. The number of aromatic nitrogens is 3. The number of ether oxygens (including phenoxy) is 3. The largest absolute Gasteiger partial charge is 0.496 e. The molecule has 4 rings (SSSR count). The van der Waals surface area contributed by atoms with Crippen LogP contribution in [-0.4, -0.2) is 44.7 Å². The van der Waals surface area contributed by atoms with Crippen LogP contribution in [0.25, 0.3) is 22.1 Å². The lowest BCUT2D eigenvalue weighted by Crippen LogP contribution is -2.15. The van der Waals surface area contributed by atoms with Crippen LogP contribution >= 0.6 is 0 Å². The maximum absolute atomic E-state index is 13.3. The summed E-state index contributed by atoms with van der Waals surface area (Å²) in [6.07, 6.45) is 3.49. The molecule has 31 heavy (non-hydrogen) atoms. The number of hydrogen-bond acceptors (Lipinski definition) is 8. The molecule has 0 spiro atoms. The molecule has 0 atom stereocenters. The van der Waals surface area contributed by atoms with E-state index < -0.39 is 10.0 Å². The van der Waals surface area contributed by atoms with Crippen LogP contribution in [0.1, 0.15) is 0 Å². The van der Waals surface area contributed by atoms with Crippen LogP contribution in [0.15, 0.2) is 52.1 Å². The molecular weight excluding hydrogens is 424 g/mol. The van der Waals surface area contributed by atoms with E-state index in [-0.39, 0.29) is 22.2 Å². The number of nitrogens with one attached hydrogen (secondary N) is 1. The first kappa shape index (κ1) is 20.5. The van der Waals surface area contributed by atoms with E-state index in [4.69, 9.17) is 18.7 Å². The summed E-state index contributed by atoms with van der Waals surface area (Å²) in [6, 6.07) is 8.19. The van der Waals surface area contributed by atoms with Gasteiger partial charge in [0.15, 0.2) is 16.3 Å². The number of hydrogen-bond donors (Lipinski definition) is 1. The van der Waals surface area contributed by atoms with Gasteiger partial charge in [-0.05, 0) is 24.3 Å². The molecule has 0 radical (unpaired) electrons. The van der Waals surface area contributed by atoms with Crippen LogP contribution in [0.4, 0.5) is 5.82 Å². The molecule has 0 bridgehead atoms. The summed E-state index contributed by atoms with van der Waals surface area (Å²) >= 11 is 0. The number of sulfonamides is 1. The van der Waals surface area contributed by atoms with Crippen molar-refractivity contribution in [1.29, 1.82) is 0 Å². The lowest BCUT2D eigenvalue weighted by molar-refractivity contribution is 0.373. The first-order chi connectivity index (χ1) is 14.9. The van der Waals surface area contributed by atoms with Gasteiger partial charge < -0.3 is 18.7 Å². The minimum absolute atomic E-state index is 0.0226. The average molecular weight is 444 g/mol. The Morgan fingerprint density at radius 3 is 2.26 bits per heavy atom. The smallest absolute Gasteiger partial charge is 0.270 e. The van der Waals surface area contributed by atoms with Crippen molar-refractivity contribution in [3.8, 4) is 28.4 Å². The van der Waals surface area contributed by atoms with E-state index in [1.54, 1.807) is 36.1 Å². The predicted octanol–water partition coefficient (Wildman–Crippen LogP) is 3.05. The van der Waals surface area contributed by atoms with E-state index in [1.165, 1.54) is 33.5 Å². The van der Waals surface area contributed by atoms with Gasteiger partial charge in [0.1, 0.15) is 22.6 Å². The Morgan fingerprint density at radius 1 is 1.00 bits per heavy atom. The number of rotatable bonds is 7. The predicted molar refractivity (Wildman–Crippen MR) is 113 cm³/mol. The second-order valence-corrected chi connectivity index (χ2v) is 8.17. The van der Waals surface area contributed by atoms with Gasteiger partial charge >= 0.3 is 0 Å². The number of fused-ring (bicyclic) bond motifs is 1. The van der Waals surface area contributed by atoms with E-state index >= 15 is 0 Å². The van der Waals surface area contributed by atoms with Gasteiger partial charge in [-0.3, -0.25) is 9.40 Å². The monoisotopic (exact) mass is 444 g/mol. The van der Waals surface area contributed by atoms with Gasteiger partial charge in [-0.2, -0.15) is 5.10 Å². The zero-order chi connectivity index (χ0) is 22.2. The van der Waals surface area contributed by atoms with Crippen molar-refractivity contribution in [1.82, 2.24) is 14.9 Å². The SMILES string of the molecule is COc1cccc(OC)c1S(=O)(=O)Nc1noc2c(-c3cnn(C)c3)ccc(OC)c12. The van der Waals surface area contributed by atoms with E-state index in [9.17, 15) is 8.42 Å². The Labute approximate surface area is 178 Å². The molecule has 4 aromatic rings. The first-order valence-electron chi connectivity index (χ1n) is 9.08. The average Bonchev–Trinajstić information content (AvgIpc) is 3.38. The fourth-order valence-corrected chi connectivity index (χ4v) is 4.64. The minimum atomic E-state index is -4.15. The molecule has 0 unspecified atom stereocenters. The number of benzene rings is 2. The van der Waals surface area contributed by atoms with Crippen LogP contribution in [0, 0.1) is 0 Å². The lowest BCUT2D eigenvalue weighted by Gasteiger charge is -2.14. The van der Waals surface area contributed by atoms with Crippen LogP contribution in [0.5, 0.6) is 17.2 Å². The summed E-state index contributed by atoms with van der Waals surface area (Å²) in [6.45, 7) is 0. The third-order valence-corrected chi connectivity index (χ3v) is 6.10. The molecule has 2 heterocycles. The third-order valence-electron chi connectivity index (χ3n) is 4.70. The summed E-state index contributed by atoms with van der Waals surface area (Å²) < 4.78 is 52.0. The van der Waals surface area contributed by atoms with Gasteiger partial charge in [0.05, 0.1) is 27.5 Å². The van der Waals surface area contributed by atoms with Crippen molar-refractivity contribution in [3.05, 3.63) is 42.7 Å². The number of anilines is 1. The molecule has 0 saturated heterocycles. The van der Waals surface area contributed by atoms with E-state index in [0.29, 0.717) is 22.3 Å². The van der Waals surface area contributed by atoms with Gasteiger partial charge in [0, 0.05) is 24.4 Å². The number of aryl methyl sites for hydroxylation is 1. The molecule has 0 aliphatic carbocycles. The molecule has 10 nitrogen and oxygen atoms in total. The van der Waals surface area contributed by atoms with Crippen molar-refractivity contribution in [2.24, 2.45) is 7.05 Å². The van der Waals surface area contributed by atoms with Gasteiger partial charge in [-0.15, -0.1) is 0 Å². The van der Waals surface area contributed by atoms with Crippen molar-refractivity contribution >= 4 is 26.8 Å². The van der Waals surface area contributed by atoms with Gasteiger partial charge in [0.25, 0.3) is 10.0 Å². The van der Waals surface area contributed by atoms with Crippen LogP contribution in [-0.2, 0) is 17.1 Å². The highest BCUT2D eigenvalue weighted by atomic mass is 32.2. The summed E-state index contributed by atoms with van der Waals surface area (Å²) in [5.41, 5.74) is 1.83. The van der Waals surface area contributed by atoms with Crippen molar-refractivity contribution in [3.63, 3.8) is 0 Å². The molecule has 1 N–H and O–H groups in total. The highest BCUT2D eigenvalue weighted by molar-refractivity contribution is 7.93. The summed E-state index contributed by atoms with van der Waals surface area (Å²) in [7, 11) is 1.88. The van der Waals surface area contributed by atoms with Gasteiger partial charge in [-0.25, -0.2) is 8.42 Å². The Balaban J connectivity index is 1.87. The molecule has 0 amide bonds. The number of methoxy groups -OCH3 is 3. The molecule has 11 heteroatoms. The topological polar surface area (TPSA) is 118 Å². The van der Waals surface area contributed by atoms with E-state index in [2.05, 4.69) is 15.0 Å². The maximum atomic E-state index is 13.3. The van der Waals surface area contributed by atoms with Gasteiger partial charge in [0.2, 0.25) is 0 Å². The Hall–Kier alpha value is -3.73. The maximum Gasteiger partial charge on any atom is 0.270 e. The Morgan fingerprint density at radius 2 is 1.68 bits per heavy atom. The van der Waals surface area contributed by atoms with Crippen molar-refractivity contribution in [2.45, 2.75) is 4.90 Å². The normalized spacial score (nSPS) is 11.5. The van der Waals surface area contributed by atoms with Crippen molar-refractivity contribution in [2.75, 3.05) is 26.1 Å². The molecule has 0 aliphatic heterocycles. The van der Waals surface area contributed by atoms with Crippen LogP contribution in [0.2, 0.25) is 0 Å². The van der Waals surface area contributed by atoms with E-state index in [0.717, 1.165) is 5.56 Å². The summed E-state index contributed by atoms with van der Waals surface area (Å²) in [5.74, 6) is 0.629. The Bertz CT molecular complexity index is 1340. The second kappa shape index (κ2) is 7.84. The van der Waals surface area contributed by atoms with Gasteiger partial charge in [-0.1, -0.05) is 11.2 Å². The molecule has 0 saturated carbocycles. The zero-order valence-corrected chi connectivity index (χ0v) is 18.1. The third kappa shape index (κ3) is 3.52. The minimum Gasteiger partial charge on any atom is -0.496 e. The van der Waals surface area contributed by atoms with Crippen molar-refractivity contribution < 1.29 is 27.2 Å². The molecule has 2 aromatic carbocycles. The summed E-state index contributed by atoms with van der Waals surface area (Å²) in [4.78, 5) is -0.154. The summed E-state index contributed by atoms with van der Waals surface area (Å²) in [5, 5.41) is 8.51. The molecule has 0 aliphatic rings. The zero-order valence-electron chi connectivity index (χ0n) is 17.2. The number of nitrogens with zero attached hydrogens (tertiary/aromatic N) is 3. The molecule has 0 fully saturated rings. The van der Waals surface area contributed by atoms with Crippen LogP contribution < -0.4 is 18.9 Å². The highest BCUT2D eigenvalue weighted by Crippen LogP contribution is 2.40. The molecule has 162 valence electrons. The lowest BCUT2D eigenvalue weighted by atomic mass is 10.1. The standard InChI is InChI=1S/C20H20N4O6S/c1-24-11-12(10-21-24)13-8-9-14(27-2)17-18(13)30-22-20(17)23-31(25,26)19-15(28-3)6-5-7-16(19)29-4/h5-11H,1-4H3,(H,22,23). The second-order valence-electron chi connectivity index (χ2n) is 6.55. The highest BCUT2D eigenvalue weighted by Gasteiger charge is 2.28. The van der Waals surface area contributed by atoms with Crippen LogP contribution in [0.3, 0.4) is 0 Å². The molecular formula is C20H20N4O6S. The Kier molecular flexibility index (Phi) is 5.19.